The third-order valence-corrected chi connectivity index (χ3v) is 3.30. The summed E-state index contributed by atoms with van der Waals surface area (Å²) in [4.78, 5) is 19.5. The molecule has 0 saturated carbocycles. The summed E-state index contributed by atoms with van der Waals surface area (Å²) >= 11 is 1.22. The summed E-state index contributed by atoms with van der Waals surface area (Å²) in [7, 11) is 0. The van der Waals surface area contributed by atoms with Gasteiger partial charge in [0.15, 0.2) is 10.8 Å². The number of fused-ring (bicyclic) bond motifs is 1. The molecule has 18 heavy (non-hydrogen) atoms. The second-order valence-electron chi connectivity index (χ2n) is 4.93. The van der Waals surface area contributed by atoms with E-state index in [1.54, 1.807) is 6.20 Å². The monoisotopic (exact) mass is 265 g/mol. The molecule has 0 saturated heterocycles. The first-order chi connectivity index (χ1) is 8.39. The highest BCUT2D eigenvalue weighted by Crippen LogP contribution is 2.29. The van der Waals surface area contributed by atoms with Crippen LogP contribution in [0.5, 0.6) is 0 Å². The van der Waals surface area contributed by atoms with Crippen molar-refractivity contribution in [2.75, 3.05) is 5.75 Å². The maximum Gasteiger partial charge on any atom is 0.313 e. The number of aliphatic carboxylic acids is 1. The number of carboxylic acids is 1. The summed E-state index contributed by atoms with van der Waals surface area (Å²) in [6.07, 6.45) is 1.72. The molecule has 2 heterocycles. The lowest BCUT2D eigenvalue weighted by Gasteiger charge is -2.23. The van der Waals surface area contributed by atoms with E-state index in [0.717, 1.165) is 11.2 Å². The first-order valence-corrected chi connectivity index (χ1v) is 6.56. The summed E-state index contributed by atoms with van der Waals surface area (Å²) in [5, 5.41) is 9.46. The third-order valence-electron chi connectivity index (χ3n) is 2.38. The molecule has 6 heteroatoms. The van der Waals surface area contributed by atoms with Gasteiger partial charge in [-0.25, -0.2) is 9.97 Å². The van der Waals surface area contributed by atoms with Crippen molar-refractivity contribution in [3.63, 3.8) is 0 Å². The second-order valence-corrected chi connectivity index (χ2v) is 5.87. The fraction of sp³-hybridized carbons (Fsp3) is 0.417. The van der Waals surface area contributed by atoms with Crippen LogP contribution in [-0.2, 0) is 10.3 Å². The number of carbonyl (C=O) groups is 1. The molecule has 2 aromatic rings. The number of hydrogen-bond donors (Lipinski definition) is 1. The third kappa shape index (κ3) is 2.48. The Morgan fingerprint density at radius 1 is 1.50 bits per heavy atom. The molecule has 1 N–H and O–H groups in total. The zero-order valence-corrected chi connectivity index (χ0v) is 11.4. The number of thioether (sulfide) groups is 1. The smallest absolute Gasteiger partial charge is 0.313 e. The van der Waals surface area contributed by atoms with E-state index in [9.17, 15) is 4.79 Å². The minimum Gasteiger partial charge on any atom is -0.481 e. The lowest BCUT2D eigenvalue weighted by molar-refractivity contribution is -0.133. The van der Waals surface area contributed by atoms with Crippen molar-refractivity contribution in [3.8, 4) is 0 Å². The summed E-state index contributed by atoms with van der Waals surface area (Å²) < 4.78 is 1.98. The van der Waals surface area contributed by atoms with Crippen molar-refractivity contribution >= 4 is 28.9 Å². The Morgan fingerprint density at radius 3 is 2.83 bits per heavy atom. The van der Waals surface area contributed by atoms with E-state index in [0.29, 0.717) is 5.16 Å². The van der Waals surface area contributed by atoms with Crippen LogP contribution in [0.3, 0.4) is 0 Å². The van der Waals surface area contributed by atoms with Gasteiger partial charge in [0.25, 0.3) is 0 Å². The molecule has 0 fully saturated rings. The quantitative estimate of drug-likeness (QED) is 0.863. The summed E-state index contributed by atoms with van der Waals surface area (Å²) in [6.45, 7) is 6.15. The molecule has 5 nitrogen and oxygen atoms in total. The van der Waals surface area contributed by atoms with Gasteiger partial charge in [0.05, 0.1) is 5.75 Å². The minimum absolute atomic E-state index is 0.000593. The van der Waals surface area contributed by atoms with E-state index in [4.69, 9.17) is 5.11 Å². The van der Waals surface area contributed by atoms with Gasteiger partial charge in [-0.15, -0.1) is 0 Å². The van der Waals surface area contributed by atoms with Crippen LogP contribution < -0.4 is 0 Å². The van der Waals surface area contributed by atoms with Crippen molar-refractivity contribution in [1.82, 2.24) is 14.5 Å². The summed E-state index contributed by atoms with van der Waals surface area (Å²) in [6, 6.07) is 3.71. The van der Waals surface area contributed by atoms with Crippen LogP contribution in [0, 0.1) is 0 Å². The van der Waals surface area contributed by atoms with Crippen molar-refractivity contribution in [3.05, 3.63) is 18.3 Å². The first-order valence-electron chi connectivity index (χ1n) is 5.58. The molecular weight excluding hydrogens is 250 g/mol. The SMILES string of the molecule is CC(C)(C)n1c(SCC(=O)O)nc2cccnc21. The van der Waals surface area contributed by atoms with E-state index in [1.165, 1.54) is 11.8 Å². The average molecular weight is 265 g/mol. The first kappa shape index (κ1) is 12.9. The molecule has 0 spiro atoms. The Morgan fingerprint density at radius 2 is 2.22 bits per heavy atom. The number of hydrogen-bond acceptors (Lipinski definition) is 4. The fourth-order valence-electron chi connectivity index (χ4n) is 1.72. The van der Waals surface area contributed by atoms with Crippen LogP contribution in [0.15, 0.2) is 23.5 Å². The molecule has 0 aliphatic rings. The van der Waals surface area contributed by atoms with Gasteiger partial charge >= 0.3 is 5.97 Å². The Bertz CT molecular complexity index is 587. The zero-order chi connectivity index (χ0) is 13.3. The van der Waals surface area contributed by atoms with Gasteiger partial charge in [-0.2, -0.15) is 0 Å². The molecule has 2 aromatic heterocycles. The lowest BCUT2D eigenvalue weighted by Crippen LogP contribution is -2.23. The van der Waals surface area contributed by atoms with E-state index >= 15 is 0 Å². The van der Waals surface area contributed by atoms with Crippen LogP contribution in [-0.4, -0.2) is 31.4 Å². The van der Waals surface area contributed by atoms with E-state index < -0.39 is 5.97 Å². The molecular formula is C12H15N3O2S. The maximum atomic E-state index is 10.7. The second kappa shape index (κ2) is 4.61. The maximum absolute atomic E-state index is 10.7. The zero-order valence-electron chi connectivity index (χ0n) is 10.5. The molecule has 96 valence electrons. The normalized spacial score (nSPS) is 11.9. The highest BCUT2D eigenvalue weighted by atomic mass is 32.2. The van der Waals surface area contributed by atoms with Crippen LogP contribution in [0.1, 0.15) is 20.8 Å². The van der Waals surface area contributed by atoms with Crippen molar-refractivity contribution in [2.24, 2.45) is 0 Å². The van der Waals surface area contributed by atoms with Gasteiger partial charge < -0.3 is 5.11 Å². The number of aromatic nitrogens is 3. The van der Waals surface area contributed by atoms with E-state index in [1.807, 2.05) is 37.5 Å². The number of pyridine rings is 1. The molecule has 0 amide bonds. The summed E-state index contributed by atoms with van der Waals surface area (Å²) in [5.41, 5.74) is 1.39. The van der Waals surface area contributed by atoms with E-state index in [2.05, 4.69) is 9.97 Å². The topological polar surface area (TPSA) is 68.0 Å². The largest absolute Gasteiger partial charge is 0.481 e. The van der Waals surface area contributed by atoms with Gasteiger partial charge in [-0.3, -0.25) is 9.36 Å². The molecule has 0 aliphatic carbocycles. The van der Waals surface area contributed by atoms with Crippen LogP contribution in [0.4, 0.5) is 0 Å². The predicted octanol–water partition coefficient (Wildman–Crippen LogP) is 2.36. The van der Waals surface area contributed by atoms with Gasteiger partial charge in [0, 0.05) is 11.7 Å². The molecule has 0 aromatic carbocycles. The fourth-order valence-corrected chi connectivity index (χ4v) is 2.62. The average Bonchev–Trinajstić information content (AvgIpc) is 2.63. The van der Waals surface area contributed by atoms with Crippen LogP contribution in [0.2, 0.25) is 0 Å². The highest BCUT2D eigenvalue weighted by molar-refractivity contribution is 7.99. The standard InChI is InChI=1S/C12H15N3O2S/c1-12(2,3)15-10-8(5-4-6-13-10)14-11(15)18-7-9(16)17/h4-6H,7H2,1-3H3,(H,16,17). The van der Waals surface area contributed by atoms with Crippen molar-refractivity contribution in [1.29, 1.82) is 0 Å². The molecule has 2 rings (SSSR count). The van der Waals surface area contributed by atoms with Crippen LogP contribution in [0.25, 0.3) is 11.2 Å². The van der Waals surface area contributed by atoms with Gasteiger partial charge in [-0.1, -0.05) is 11.8 Å². The Balaban J connectivity index is 2.54. The Hall–Kier alpha value is -1.56. The predicted molar refractivity (Wildman–Crippen MR) is 70.9 cm³/mol. The Kier molecular flexibility index (Phi) is 3.30. The number of rotatable bonds is 3. The molecule has 0 radical (unpaired) electrons. The number of carboxylic acid groups (broad SMARTS) is 1. The highest BCUT2D eigenvalue weighted by Gasteiger charge is 2.22. The van der Waals surface area contributed by atoms with Gasteiger partial charge in [0.1, 0.15) is 5.52 Å². The number of nitrogens with zero attached hydrogens (tertiary/aromatic N) is 3. The molecule has 0 bridgehead atoms. The van der Waals surface area contributed by atoms with Gasteiger partial charge in [-0.05, 0) is 32.9 Å². The Labute approximate surface area is 109 Å². The molecule has 0 unspecified atom stereocenters. The van der Waals surface area contributed by atoms with E-state index in [-0.39, 0.29) is 11.3 Å². The van der Waals surface area contributed by atoms with Crippen molar-refractivity contribution < 1.29 is 9.90 Å². The van der Waals surface area contributed by atoms with Crippen molar-refractivity contribution in [2.45, 2.75) is 31.5 Å². The summed E-state index contributed by atoms with van der Waals surface area (Å²) in [5.74, 6) is -0.847. The van der Waals surface area contributed by atoms with Gasteiger partial charge in [0.2, 0.25) is 0 Å². The molecule has 0 aliphatic heterocycles. The lowest BCUT2D eigenvalue weighted by atomic mass is 10.1. The molecule has 0 atom stereocenters. The minimum atomic E-state index is -0.847. The number of imidazole rings is 1. The van der Waals surface area contributed by atoms with Crippen LogP contribution >= 0.6 is 11.8 Å².